The molecule has 1 aliphatic carbocycles. The molecule has 2 aliphatic rings. The van der Waals surface area contributed by atoms with Crippen LogP contribution in [0.15, 0.2) is 6.07 Å². The van der Waals surface area contributed by atoms with Crippen molar-refractivity contribution in [1.82, 2.24) is 14.9 Å². The summed E-state index contributed by atoms with van der Waals surface area (Å²) in [6.45, 7) is 4.28. The Morgan fingerprint density at radius 2 is 2.11 bits per heavy atom. The zero-order chi connectivity index (χ0) is 13.2. The normalized spacial score (nSPS) is 19.3. The molecule has 2 heterocycles. The van der Waals surface area contributed by atoms with E-state index >= 15 is 0 Å². The van der Waals surface area contributed by atoms with Gasteiger partial charge in [-0.15, -0.1) is 0 Å². The second kappa shape index (κ2) is 5.13. The number of hydrogen-bond acceptors (Lipinski definition) is 5. The van der Waals surface area contributed by atoms with Crippen LogP contribution in [0.2, 0.25) is 0 Å². The van der Waals surface area contributed by atoms with Gasteiger partial charge in [0.05, 0.1) is 13.2 Å². The van der Waals surface area contributed by atoms with E-state index in [1.54, 1.807) is 11.0 Å². The molecular weight excluding hydrogens is 244 g/mol. The van der Waals surface area contributed by atoms with Gasteiger partial charge in [-0.2, -0.15) is 0 Å². The minimum Gasteiger partial charge on any atom is -0.378 e. The van der Waals surface area contributed by atoms with Crippen LogP contribution in [-0.4, -0.2) is 53.1 Å². The van der Waals surface area contributed by atoms with Gasteiger partial charge in [0.15, 0.2) is 0 Å². The summed E-state index contributed by atoms with van der Waals surface area (Å²) in [5, 5.41) is 3.31. The van der Waals surface area contributed by atoms with Crippen LogP contribution in [0.3, 0.4) is 0 Å². The van der Waals surface area contributed by atoms with Crippen molar-refractivity contribution in [3.63, 3.8) is 0 Å². The van der Waals surface area contributed by atoms with E-state index in [9.17, 15) is 4.79 Å². The third-order valence-corrected chi connectivity index (χ3v) is 3.28. The molecule has 1 N–H and O–H groups in total. The molecule has 0 unspecified atom stereocenters. The molecule has 1 aromatic rings. The Morgan fingerprint density at radius 3 is 2.79 bits per heavy atom. The number of hydrogen-bond donors (Lipinski definition) is 1. The lowest BCUT2D eigenvalue weighted by Gasteiger charge is -2.26. The van der Waals surface area contributed by atoms with Crippen LogP contribution in [0.5, 0.6) is 0 Å². The van der Waals surface area contributed by atoms with Gasteiger partial charge in [-0.25, -0.2) is 9.97 Å². The largest absolute Gasteiger partial charge is 0.378 e. The molecule has 0 spiro atoms. The van der Waals surface area contributed by atoms with Crippen molar-refractivity contribution >= 4 is 11.7 Å². The van der Waals surface area contributed by atoms with E-state index in [4.69, 9.17) is 4.74 Å². The average Bonchev–Trinajstić information content (AvgIpc) is 3.22. The van der Waals surface area contributed by atoms with Gasteiger partial charge in [0, 0.05) is 25.2 Å². The zero-order valence-electron chi connectivity index (χ0n) is 11.1. The van der Waals surface area contributed by atoms with Crippen molar-refractivity contribution in [3.8, 4) is 0 Å². The highest BCUT2D eigenvalue weighted by Gasteiger charge is 2.24. The second-order valence-electron chi connectivity index (χ2n) is 5.01. The van der Waals surface area contributed by atoms with Crippen molar-refractivity contribution in [2.24, 2.45) is 0 Å². The van der Waals surface area contributed by atoms with E-state index in [0.29, 0.717) is 43.9 Å². The molecule has 1 aromatic heterocycles. The molecule has 0 bridgehead atoms. The van der Waals surface area contributed by atoms with Gasteiger partial charge < -0.3 is 15.0 Å². The van der Waals surface area contributed by atoms with Gasteiger partial charge in [-0.1, -0.05) is 0 Å². The highest BCUT2D eigenvalue weighted by Crippen LogP contribution is 2.24. The number of aromatic nitrogens is 2. The summed E-state index contributed by atoms with van der Waals surface area (Å²) in [5.41, 5.74) is 0.470. The van der Waals surface area contributed by atoms with Crippen LogP contribution in [0, 0.1) is 6.92 Å². The van der Waals surface area contributed by atoms with Crippen molar-refractivity contribution in [2.75, 3.05) is 31.6 Å². The van der Waals surface area contributed by atoms with Gasteiger partial charge in [-0.05, 0) is 19.8 Å². The van der Waals surface area contributed by atoms with Crippen molar-refractivity contribution in [2.45, 2.75) is 25.8 Å². The van der Waals surface area contributed by atoms with Crippen LogP contribution >= 0.6 is 0 Å². The molecular formula is C13H18N4O2. The lowest BCUT2D eigenvalue weighted by Crippen LogP contribution is -2.41. The molecule has 1 saturated heterocycles. The van der Waals surface area contributed by atoms with E-state index in [0.717, 1.165) is 5.82 Å². The maximum atomic E-state index is 12.4. The Hall–Kier alpha value is -1.69. The number of morpholine rings is 1. The standard InChI is InChI=1S/C13H18N4O2/c1-9-14-11(8-12(15-9)16-10-2-3-10)13(18)17-4-6-19-7-5-17/h8,10H,2-7H2,1H3,(H,14,15,16). The molecule has 0 radical (unpaired) electrons. The number of nitrogens with one attached hydrogen (secondary N) is 1. The van der Waals surface area contributed by atoms with Crippen molar-refractivity contribution in [1.29, 1.82) is 0 Å². The number of aryl methyl sites for hydroxylation is 1. The molecule has 3 rings (SSSR count). The summed E-state index contributed by atoms with van der Waals surface area (Å²) in [7, 11) is 0. The molecule has 2 fully saturated rings. The molecule has 1 amide bonds. The van der Waals surface area contributed by atoms with Gasteiger partial charge in [0.1, 0.15) is 17.3 Å². The predicted octanol–water partition coefficient (Wildman–Crippen LogP) is 0.832. The summed E-state index contributed by atoms with van der Waals surface area (Å²) >= 11 is 0. The third-order valence-electron chi connectivity index (χ3n) is 3.28. The summed E-state index contributed by atoms with van der Waals surface area (Å²) in [6, 6.07) is 2.27. The van der Waals surface area contributed by atoms with Crippen LogP contribution in [0.4, 0.5) is 5.82 Å². The molecule has 6 heteroatoms. The van der Waals surface area contributed by atoms with Crippen molar-refractivity contribution in [3.05, 3.63) is 17.6 Å². The minimum absolute atomic E-state index is 0.0346. The maximum absolute atomic E-state index is 12.4. The first-order valence-electron chi connectivity index (χ1n) is 6.71. The Bertz CT molecular complexity index is 482. The Labute approximate surface area is 112 Å². The monoisotopic (exact) mass is 262 g/mol. The molecule has 0 atom stereocenters. The quantitative estimate of drug-likeness (QED) is 0.874. The molecule has 19 heavy (non-hydrogen) atoms. The topological polar surface area (TPSA) is 67.4 Å². The number of amides is 1. The average molecular weight is 262 g/mol. The lowest BCUT2D eigenvalue weighted by molar-refractivity contribution is 0.0299. The number of nitrogens with zero attached hydrogens (tertiary/aromatic N) is 3. The number of carbonyl (C=O) groups is 1. The lowest BCUT2D eigenvalue weighted by atomic mass is 10.3. The van der Waals surface area contributed by atoms with Crippen LogP contribution in [-0.2, 0) is 4.74 Å². The fourth-order valence-electron chi connectivity index (χ4n) is 2.12. The summed E-state index contributed by atoms with van der Waals surface area (Å²) in [4.78, 5) is 22.7. The van der Waals surface area contributed by atoms with E-state index in [1.165, 1.54) is 12.8 Å². The summed E-state index contributed by atoms with van der Waals surface area (Å²) < 4.78 is 5.26. The van der Waals surface area contributed by atoms with Gasteiger partial charge in [0.2, 0.25) is 0 Å². The third kappa shape index (κ3) is 3.01. The first-order valence-corrected chi connectivity index (χ1v) is 6.71. The van der Waals surface area contributed by atoms with Crippen LogP contribution in [0.1, 0.15) is 29.2 Å². The molecule has 6 nitrogen and oxygen atoms in total. The molecule has 1 saturated carbocycles. The van der Waals surface area contributed by atoms with E-state index in [1.807, 2.05) is 6.92 Å². The highest BCUT2D eigenvalue weighted by atomic mass is 16.5. The highest BCUT2D eigenvalue weighted by molar-refractivity contribution is 5.93. The van der Waals surface area contributed by atoms with Gasteiger partial charge >= 0.3 is 0 Å². The number of rotatable bonds is 3. The number of ether oxygens (including phenoxy) is 1. The molecule has 0 aromatic carbocycles. The fraction of sp³-hybridized carbons (Fsp3) is 0.615. The fourth-order valence-corrected chi connectivity index (χ4v) is 2.12. The Kier molecular flexibility index (Phi) is 3.33. The van der Waals surface area contributed by atoms with E-state index in [2.05, 4.69) is 15.3 Å². The van der Waals surface area contributed by atoms with Gasteiger partial charge in [-0.3, -0.25) is 4.79 Å². The molecule has 102 valence electrons. The first kappa shape index (κ1) is 12.3. The molecule has 1 aliphatic heterocycles. The number of anilines is 1. The van der Waals surface area contributed by atoms with Crippen LogP contribution in [0.25, 0.3) is 0 Å². The second-order valence-corrected chi connectivity index (χ2v) is 5.01. The van der Waals surface area contributed by atoms with Gasteiger partial charge in [0.25, 0.3) is 5.91 Å². The minimum atomic E-state index is -0.0346. The Balaban J connectivity index is 1.77. The van der Waals surface area contributed by atoms with Crippen molar-refractivity contribution < 1.29 is 9.53 Å². The SMILES string of the molecule is Cc1nc(NC2CC2)cc(C(=O)N2CCOCC2)n1. The maximum Gasteiger partial charge on any atom is 0.272 e. The smallest absolute Gasteiger partial charge is 0.272 e. The van der Waals surface area contributed by atoms with E-state index in [-0.39, 0.29) is 5.91 Å². The summed E-state index contributed by atoms with van der Waals surface area (Å²) in [5.74, 6) is 1.35. The zero-order valence-corrected chi connectivity index (χ0v) is 11.1. The van der Waals surface area contributed by atoms with E-state index < -0.39 is 0 Å². The number of carbonyl (C=O) groups excluding carboxylic acids is 1. The first-order chi connectivity index (χ1) is 9.22. The predicted molar refractivity (Wildman–Crippen MR) is 70.1 cm³/mol. The van der Waals surface area contributed by atoms with Crippen LogP contribution < -0.4 is 5.32 Å². The summed E-state index contributed by atoms with van der Waals surface area (Å²) in [6.07, 6.45) is 2.35. The Morgan fingerprint density at radius 1 is 1.37 bits per heavy atom.